The van der Waals surface area contributed by atoms with E-state index in [2.05, 4.69) is 10.6 Å². The summed E-state index contributed by atoms with van der Waals surface area (Å²) in [7, 11) is 0. The number of ether oxygens (including phenoxy) is 1. The smallest absolute Gasteiger partial charge is 0.255 e. The summed E-state index contributed by atoms with van der Waals surface area (Å²) >= 11 is 0. The molecule has 25 heavy (non-hydrogen) atoms. The minimum atomic E-state index is -0.244. The van der Waals surface area contributed by atoms with Crippen LogP contribution < -0.4 is 16.4 Å². The van der Waals surface area contributed by atoms with Crippen LogP contribution in [0.1, 0.15) is 33.6 Å². The van der Waals surface area contributed by atoms with Gasteiger partial charge in [0.05, 0.1) is 0 Å². The molecule has 0 spiro atoms. The molecule has 2 amide bonds. The lowest BCUT2D eigenvalue weighted by Crippen LogP contribution is -2.38. The maximum atomic E-state index is 12.3. The van der Waals surface area contributed by atoms with Crippen molar-refractivity contribution in [3.8, 4) is 0 Å². The zero-order chi connectivity index (χ0) is 17.6. The number of carbonyl (C=O) groups excluding carboxylic acids is 2. The van der Waals surface area contributed by atoms with Crippen molar-refractivity contribution in [3.05, 3.63) is 59.7 Å². The second kappa shape index (κ2) is 7.81. The third-order valence-electron chi connectivity index (χ3n) is 4.11. The fourth-order valence-electron chi connectivity index (χ4n) is 2.70. The van der Waals surface area contributed by atoms with Gasteiger partial charge in [-0.15, -0.1) is 0 Å². The highest BCUT2D eigenvalue weighted by Crippen LogP contribution is 2.14. The van der Waals surface area contributed by atoms with E-state index in [0.29, 0.717) is 35.7 Å². The Morgan fingerprint density at radius 3 is 2.36 bits per heavy atom. The van der Waals surface area contributed by atoms with Gasteiger partial charge >= 0.3 is 0 Å². The van der Waals surface area contributed by atoms with Crippen LogP contribution in [-0.4, -0.2) is 31.1 Å². The van der Waals surface area contributed by atoms with E-state index >= 15 is 0 Å². The van der Waals surface area contributed by atoms with E-state index in [1.54, 1.807) is 48.5 Å². The van der Waals surface area contributed by atoms with Crippen LogP contribution in [0.2, 0.25) is 0 Å². The molecule has 4 N–H and O–H groups in total. The first kappa shape index (κ1) is 17.0. The van der Waals surface area contributed by atoms with E-state index in [-0.39, 0.29) is 17.9 Å². The van der Waals surface area contributed by atoms with Crippen LogP contribution in [0.4, 0.5) is 11.4 Å². The Morgan fingerprint density at radius 2 is 1.68 bits per heavy atom. The molecule has 2 aromatic rings. The highest BCUT2D eigenvalue weighted by molar-refractivity contribution is 6.05. The number of rotatable bonds is 4. The van der Waals surface area contributed by atoms with Gasteiger partial charge in [0.15, 0.2) is 0 Å². The van der Waals surface area contributed by atoms with E-state index in [9.17, 15) is 9.59 Å². The minimum Gasteiger partial charge on any atom is -0.399 e. The average Bonchev–Trinajstić information content (AvgIpc) is 2.63. The molecule has 1 aliphatic heterocycles. The Hall–Kier alpha value is -2.86. The second-order valence-corrected chi connectivity index (χ2v) is 6.02. The van der Waals surface area contributed by atoms with Gasteiger partial charge < -0.3 is 21.1 Å². The van der Waals surface area contributed by atoms with Crippen molar-refractivity contribution >= 4 is 23.2 Å². The van der Waals surface area contributed by atoms with Gasteiger partial charge in [0.1, 0.15) is 0 Å². The molecule has 130 valence electrons. The standard InChI is InChI=1S/C19H21N3O3/c20-15-3-1-2-14(12-15)19(24)21-16-6-4-13(5-7-16)18(23)22-17-8-10-25-11-9-17/h1-7,12,17H,8-11,20H2,(H,21,24)(H,22,23). The van der Waals surface area contributed by atoms with Crippen molar-refractivity contribution in [1.82, 2.24) is 5.32 Å². The lowest BCUT2D eigenvalue weighted by molar-refractivity contribution is 0.0696. The van der Waals surface area contributed by atoms with E-state index in [1.807, 2.05) is 0 Å². The first-order chi connectivity index (χ1) is 12.1. The van der Waals surface area contributed by atoms with Crippen molar-refractivity contribution in [1.29, 1.82) is 0 Å². The number of hydrogen-bond donors (Lipinski definition) is 3. The molecule has 6 nitrogen and oxygen atoms in total. The molecule has 1 fully saturated rings. The van der Waals surface area contributed by atoms with Crippen molar-refractivity contribution in [2.75, 3.05) is 24.3 Å². The third kappa shape index (κ3) is 4.58. The summed E-state index contributed by atoms with van der Waals surface area (Å²) < 4.78 is 5.28. The number of nitrogens with one attached hydrogen (secondary N) is 2. The zero-order valence-corrected chi connectivity index (χ0v) is 13.8. The maximum Gasteiger partial charge on any atom is 0.255 e. The van der Waals surface area contributed by atoms with Gasteiger partial charge in [-0.3, -0.25) is 9.59 Å². The number of hydrogen-bond acceptors (Lipinski definition) is 4. The van der Waals surface area contributed by atoms with E-state index < -0.39 is 0 Å². The molecule has 1 aliphatic rings. The molecule has 0 atom stereocenters. The van der Waals surface area contributed by atoms with Gasteiger partial charge in [-0.1, -0.05) is 6.07 Å². The van der Waals surface area contributed by atoms with Crippen LogP contribution in [0, 0.1) is 0 Å². The molecule has 2 aromatic carbocycles. The molecular weight excluding hydrogens is 318 g/mol. The topological polar surface area (TPSA) is 93.5 Å². The zero-order valence-electron chi connectivity index (χ0n) is 13.8. The molecule has 1 heterocycles. The molecule has 0 aliphatic carbocycles. The molecule has 1 saturated heterocycles. The Morgan fingerprint density at radius 1 is 0.960 bits per heavy atom. The van der Waals surface area contributed by atoms with Crippen LogP contribution >= 0.6 is 0 Å². The monoisotopic (exact) mass is 339 g/mol. The highest BCUT2D eigenvalue weighted by Gasteiger charge is 2.17. The molecule has 0 aromatic heterocycles. The fraction of sp³-hybridized carbons (Fsp3) is 0.263. The number of nitrogen functional groups attached to an aromatic ring is 1. The molecular formula is C19H21N3O3. The van der Waals surface area contributed by atoms with Crippen LogP contribution in [0.3, 0.4) is 0 Å². The largest absolute Gasteiger partial charge is 0.399 e. The Balaban J connectivity index is 1.59. The van der Waals surface area contributed by atoms with Crippen molar-refractivity contribution < 1.29 is 14.3 Å². The van der Waals surface area contributed by atoms with Gasteiger partial charge in [0.2, 0.25) is 0 Å². The first-order valence-corrected chi connectivity index (χ1v) is 8.27. The quantitative estimate of drug-likeness (QED) is 0.746. The van der Waals surface area contributed by atoms with Crippen molar-refractivity contribution in [3.63, 3.8) is 0 Å². The number of amides is 2. The summed E-state index contributed by atoms with van der Waals surface area (Å²) in [5.41, 5.74) is 7.89. The molecule has 0 saturated carbocycles. The molecule has 3 rings (SSSR count). The number of anilines is 2. The Bertz CT molecular complexity index is 753. The summed E-state index contributed by atoms with van der Waals surface area (Å²) in [5.74, 6) is -0.354. The number of benzene rings is 2. The van der Waals surface area contributed by atoms with Gasteiger partial charge in [-0.25, -0.2) is 0 Å². The van der Waals surface area contributed by atoms with Gasteiger partial charge in [0, 0.05) is 41.8 Å². The fourth-order valence-corrected chi connectivity index (χ4v) is 2.70. The SMILES string of the molecule is Nc1cccc(C(=O)Nc2ccc(C(=O)NC3CCOCC3)cc2)c1. The minimum absolute atomic E-state index is 0.111. The van der Waals surface area contributed by atoms with Crippen molar-refractivity contribution in [2.24, 2.45) is 0 Å². The second-order valence-electron chi connectivity index (χ2n) is 6.02. The summed E-state index contributed by atoms with van der Waals surface area (Å²) in [4.78, 5) is 24.4. The summed E-state index contributed by atoms with van der Waals surface area (Å²) in [6.45, 7) is 1.36. The first-order valence-electron chi connectivity index (χ1n) is 8.27. The van der Waals surface area contributed by atoms with Crippen LogP contribution in [0.5, 0.6) is 0 Å². The molecule has 0 radical (unpaired) electrons. The third-order valence-corrected chi connectivity index (χ3v) is 4.11. The van der Waals surface area contributed by atoms with Crippen LogP contribution in [0.15, 0.2) is 48.5 Å². The summed E-state index contributed by atoms with van der Waals surface area (Å²) in [6.07, 6.45) is 1.67. The van der Waals surface area contributed by atoms with E-state index in [0.717, 1.165) is 12.8 Å². The molecule has 0 unspecified atom stereocenters. The van der Waals surface area contributed by atoms with Gasteiger partial charge in [-0.2, -0.15) is 0 Å². The van der Waals surface area contributed by atoms with Crippen molar-refractivity contribution in [2.45, 2.75) is 18.9 Å². The Kier molecular flexibility index (Phi) is 5.30. The summed E-state index contributed by atoms with van der Waals surface area (Å²) in [6, 6.07) is 13.7. The average molecular weight is 339 g/mol. The maximum absolute atomic E-state index is 12.3. The lowest BCUT2D eigenvalue weighted by atomic mass is 10.1. The van der Waals surface area contributed by atoms with Gasteiger partial charge in [-0.05, 0) is 55.3 Å². The highest BCUT2D eigenvalue weighted by atomic mass is 16.5. The van der Waals surface area contributed by atoms with E-state index in [1.165, 1.54) is 0 Å². The summed E-state index contributed by atoms with van der Waals surface area (Å²) in [5, 5.41) is 5.80. The van der Waals surface area contributed by atoms with E-state index in [4.69, 9.17) is 10.5 Å². The normalized spacial score (nSPS) is 14.7. The van der Waals surface area contributed by atoms with Gasteiger partial charge in [0.25, 0.3) is 11.8 Å². The number of nitrogens with two attached hydrogens (primary N) is 1. The molecule has 6 heteroatoms. The predicted octanol–water partition coefficient (Wildman–Crippen LogP) is 2.43. The van der Waals surface area contributed by atoms with Crippen LogP contribution in [0.25, 0.3) is 0 Å². The number of carbonyl (C=O) groups is 2. The molecule has 0 bridgehead atoms. The lowest BCUT2D eigenvalue weighted by Gasteiger charge is -2.23. The predicted molar refractivity (Wildman–Crippen MR) is 96.6 cm³/mol. The van der Waals surface area contributed by atoms with Crippen LogP contribution in [-0.2, 0) is 4.74 Å². The Labute approximate surface area is 146 Å².